The van der Waals surface area contributed by atoms with Crippen LogP contribution in [0, 0.1) is 0 Å². The predicted molar refractivity (Wildman–Crippen MR) is 81.3 cm³/mol. The lowest BCUT2D eigenvalue weighted by Gasteiger charge is -2.34. The van der Waals surface area contributed by atoms with Gasteiger partial charge in [-0.15, -0.1) is 0 Å². The fourth-order valence-corrected chi connectivity index (χ4v) is 2.91. The van der Waals surface area contributed by atoms with Crippen molar-refractivity contribution in [2.45, 2.75) is 32.0 Å². The molecule has 0 saturated carbocycles. The molecule has 1 N–H and O–H groups in total. The quantitative estimate of drug-likeness (QED) is 0.909. The Morgan fingerprint density at radius 1 is 1.10 bits per heavy atom. The molecule has 3 heteroatoms. The molecule has 106 valence electrons. The minimum absolute atomic E-state index is 0.123. The van der Waals surface area contributed by atoms with Crippen molar-refractivity contribution in [3.05, 3.63) is 42.0 Å². The monoisotopic (exact) mass is 271 g/mol. The first-order valence-electron chi connectivity index (χ1n) is 7.13. The van der Waals surface area contributed by atoms with E-state index in [1.807, 2.05) is 6.07 Å². The molecule has 2 aromatic rings. The van der Waals surface area contributed by atoms with E-state index in [2.05, 4.69) is 49.5 Å². The van der Waals surface area contributed by atoms with Gasteiger partial charge in [-0.1, -0.05) is 18.2 Å². The summed E-state index contributed by atoms with van der Waals surface area (Å²) < 4.78 is 11.3. The van der Waals surface area contributed by atoms with Gasteiger partial charge in [0, 0.05) is 12.1 Å². The topological polar surface area (TPSA) is 30.5 Å². The van der Waals surface area contributed by atoms with Crippen LogP contribution in [0.25, 0.3) is 10.8 Å². The zero-order valence-corrected chi connectivity index (χ0v) is 12.2. The molecule has 0 aromatic heterocycles. The number of benzene rings is 2. The highest BCUT2D eigenvalue weighted by Crippen LogP contribution is 2.29. The first-order chi connectivity index (χ1) is 9.67. The van der Waals surface area contributed by atoms with Gasteiger partial charge in [0.2, 0.25) is 0 Å². The van der Waals surface area contributed by atoms with Crippen LogP contribution in [0.2, 0.25) is 0 Å². The lowest BCUT2D eigenvalue weighted by molar-refractivity contribution is -0.0206. The van der Waals surface area contributed by atoms with Crippen molar-refractivity contribution >= 4 is 10.8 Å². The van der Waals surface area contributed by atoms with E-state index >= 15 is 0 Å². The lowest BCUT2D eigenvalue weighted by atomic mass is 9.98. The van der Waals surface area contributed by atoms with Gasteiger partial charge in [0.25, 0.3) is 0 Å². The third-order valence-corrected chi connectivity index (χ3v) is 3.93. The van der Waals surface area contributed by atoms with Gasteiger partial charge in [0.05, 0.1) is 19.8 Å². The summed E-state index contributed by atoms with van der Waals surface area (Å²) in [6.45, 7) is 5.09. The zero-order valence-electron chi connectivity index (χ0n) is 12.2. The number of morpholine rings is 1. The highest BCUT2D eigenvalue weighted by atomic mass is 16.5. The fourth-order valence-electron chi connectivity index (χ4n) is 2.91. The average molecular weight is 271 g/mol. The molecule has 3 atom stereocenters. The third kappa shape index (κ3) is 2.51. The van der Waals surface area contributed by atoms with Crippen LogP contribution in [0.3, 0.4) is 0 Å². The van der Waals surface area contributed by atoms with E-state index in [9.17, 15) is 0 Å². The molecular weight excluding hydrogens is 250 g/mol. The van der Waals surface area contributed by atoms with Crippen molar-refractivity contribution in [2.24, 2.45) is 0 Å². The van der Waals surface area contributed by atoms with E-state index < -0.39 is 0 Å². The predicted octanol–water partition coefficient (Wildman–Crippen LogP) is 3.29. The molecule has 1 aliphatic heterocycles. The summed E-state index contributed by atoms with van der Waals surface area (Å²) in [5, 5.41) is 5.96. The van der Waals surface area contributed by atoms with E-state index in [0.29, 0.717) is 12.1 Å². The van der Waals surface area contributed by atoms with Gasteiger partial charge in [0.1, 0.15) is 5.75 Å². The Bertz CT molecular complexity index is 611. The molecule has 1 aliphatic rings. The number of ether oxygens (including phenoxy) is 2. The summed E-state index contributed by atoms with van der Waals surface area (Å²) in [6, 6.07) is 13.4. The van der Waals surface area contributed by atoms with Gasteiger partial charge < -0.3 is 14.8 Å². The van der Waals surface area contributed by atoms with Crippen molar-refractivity contribution in [1.82, 2.24) is 5.32 Å². The second-order valence-corrected chi connectivity index (χ2v) is 5.58. The maximum Gasteiger partial charge on any atom is 0.119 e. The molecule has 3 nitrogen and oxygen atoms in total. The maximum atomic E-state index is 6.00. The van der Waals surface area contributed by atoms with Gasteiger partial charge in [-0.25, -0.2) is 0 Å². The summed E-state index contributed by atoms with van der Waals surface area (Å²) in [6.07, 6.45) is 0.123. The van der Waals surface area contributed by atoms with Gasteiger partial charge in [-0.2, -0.15) is 0 Å². The molecule has 3 rings (SSSR count). The van der Waals surface area contributed by atoms with Crippen molar-refractivity contribution in [1.29, 1.82) is 0 Å². The highest BCUT2D eigenvalue weighted by molar-refractivity contribution is 5.84. The van der Waals surface area contributed by atoms with E-state index in [4.69, 9.17) is 9.47 Å². The normalized spacial score (nSPS) is 26.6. The Kier molecular flexibility index (Phi) is 3.64. The Balaban J connectivity index is 1.92. The Hall–Kier alpha value is -1.58. The van der Waals surface area contributed by atoms with E-state index in [1.165, 1.54) is 16.3 Å². The average Bonchev–Trinajstić information content (AvgIpc) is 2.46. The minimum Gasteiger partial charge on any atom is -0.497 e. The Morgan fingerprint density at radius 3 is 2.60 bits per heavy atom. The molecule has 0 aliphatic carbocycles. The smallest absolute Gasteiger partial charge is 0.119 e. The molecule has 1 fully saturated rings. The van der Waals surface area contributed by atoms with Gasteiger partial charge in [0.15, 0.2) is 0 Å². The summed E-state index contributed by atoms with van der Waals surface area (Å²) >= 11 is 0. The van der Waals surface area contributed by atoms with Gasteiger partial charge >= 0.3 is 0 Å². The SMILES string of the molecule is COc1ccc2cc(C3OCC(C)NC3C)ccc2c1. The molecule has 0 radical (unpaired) electrons. The number of fused-ring (bicyclic) bond motifs is 1. The van der Waals surface area contributed by atoms with E-state index in [1.54, 1.807) is 7.11 Å². The van der Waals surface area contributed by atoms with Crippen LogP contribution >= 0.6 is 0 Å². The van der Waals surface area contributed by atoms with Crippen LogP contribution in [0.1, 0.15) is 25.5 Å². The summed E-state index contributed by atoms with van der Waals surface area (Å²) in [5.74, 6) is 0.892. The molecular formula is C17H21NO2. The number of methoxy groups -OCH3 is 1. The van der Waals surface area contributed by atoms with Crippen LogP contribution in [-0.2, 0) is 4.74 Å². The third-order valence-electron chi connectivity index (χ3n) is 3.93. The molecule has 0 bridgehead atoms. The second kappa shape index (κ2) is 5.43. The zero-order chi connectivity index (χ0) is 14.1. The standard InChI is InChI=1S/C17H21NO2/c1-11-10-20-17(12(2)18-11)15-5-4-14-9-16(19-3)7-6-13(14)8-15/h4-9,11-12,17-18H,10H2,1-3H3. The minimum atomic E-state index is 0.123. The molecule has 3 unspecified atom stereocenters. The first kappa shape index (κ1) is 13.4. The van der Waals surface area contributed by atoms with Gasteiger partial charge in [-0.3, -0.25) is 0 Å². The second-order valence-electron chi connectivity index (χ2n) is 5.58. The molecule has 1 heterocycles. The molecule has 1 saturated heterocycles. The van der Waals surface area contributed by atoms with E-state index in [0.717, 1.165) is 12.4 Å². The van der Waals surface area contributed by atoms with Gasteiger partial charge in [-0.05, 0) is 48.4 Å². The van der Waals surface area contributed by atoms with Crippen molar-refractivity contribution < 1.29 is 9.47 Å². The summed E-state index contributed by atoms with van der Waals surface area (Å²) in [4.78, 5) is 0. The maximum absolute atomic E-state index is 6.00. The van der Waals surface area contributed by atoms with Crippen molar-refractivity contribution in [2.75, 3.05) is 13.7 Å². The summed E-state index contributed by atoms with van der Waals surface area (Å²) in [5.41, 5.74) is 1.23. The van der Waals surface area contributed by atoms with Crippen molar-refractivity contribution in [3.63, 3.8) is 0 Å². The molecule has 0 spiro atoms. The van der Waals surface area contributed by atoms with Crippen LogP contribution in [-0.4, -0.2) is 25.8 Å². The molecule has 0 amide bonds. The fraction of sp³-hybridized carbons (Fsp3) is 0.412. The lowest BCUT2D eigenvalue weighted by Crippen LogP contribution is -2.47. The van der Waals surface area contributed by atoms with Crippen LogP contribution in [0.15, 0.2) is 36.4 Å². The largest absolute Gasteiger partial charge is 0.497 e. The first-order valence-corrected chi connectivity index (χ1v) is 7.13. The number of rotatable bonds is 2. The van der Waals surface area contributed by atoms with Crippen LogP contribution in [0.5, 0.6) is 5.75 Å². The van der Waals surface area contributed by atoms with E-state index in [-0.39, 0.29) is 6.10 Å². The summed E-state index contributed by atoms with van der Waals surface area (Å²) in [7, 11) is 1.69. The Labute approximate surface area is 119 Å². The van der Waals surface area contributed by atoms with Crippen LogP contribution < -0.4 is 10.1 Å². The number of hydrogen-bond donors (Lipinski definition) is 1. The number of hydrogen-bond acceptors (Lipinski definition) is 3. The Morgan fingerprint density at radius 2 is 1.85 bits per heavy atom. The molecule has 2 aromatic carbocycles. The van der Waals surface area contributed by atoms with Crippen LogP contribution in [0.4, 0.5) is 0 Å². The number of nitrogens with one attached hydrogen (secondary N) is 1. The van der Waals surface area contributed by atoms with Crippen molar-refractivity contribution in [3.8, 4) is 5.75 Å². The molecule has 20 heavy (non-hydrogen) atoms. The highest BCUT2D eigenvalue weighted by Gasteiger charge is 2.26.